The minimum Gasteiger partial charge on any atom is -0.338 e. The van der Waals surface area contributed by atoms with Gasteiger partial charge in [0.05, 0.1) is 0 Å². The van der Waals surface area contributed by atoms with Crippen LogP contribution in [0.25, 0.3) is 0 Å². The van der Waals surface area contributed by atoms with Crippen molar-refractivity contribution in [2.45, 2.75) is 33.1 Å². The summed E-state index contributed by atoms with van der Waals surface area (Å²) >= 11 is 0. The molecule has 1 N–H and O–H groups in total. The first-order chi connectivity index (χ1) is 7.27. The molecule has 0 unspecified atom stereocenters. The molecule has 0 saturated heterocycles. The van der Waals surface area contributed by atoms with E-state index in [4.69, 9.17) is 0 Å². The second kappa shape index (κ2) is 4.04. The van der Waals surface area contributed by atoms with Crippen molar-refractivity contribution in [3.8, 4) is 0 Å². The van der Waals surface area contributed by atoms with Crippen molar-refractivity contribution < 1.29 is 4.79 Å². The zero-order valence-corrected chi connectivity index (χ0v) is 9.34. The molecule has 4 nitrogen and oxygen atoms in total. The van der Waals surface area contributed by atoms with E-state index in [2.05, 4.69) is 10.2 Å². The maximum atomic E-state index is 12.1. The van der Waals surface area contributed by atoms with Crippen molar-refractivity contribution in [2.24, 2.45) is 0 Å². The van der Waals surface area contributed by atoms with Crippen LogP contribution in [0.5, 0.6) is 0 Å². The van der Waals surface area contributed by atoms with Gasteiger partial charge in [-0.2, -0.15) is 5.10 Å². The van der Waals surface area contributed by atoms with E-state index in [0.717, 1.165) is 43.6 Å². The normalized spacial score (nSPS) is 14.0. The highest BCUT2D eigenvalue weighted by Gasteiger charge is 2.25. The van der Waals surface area contributed by atoms with Crippen LogP contribution in [0.1, 0.15) is 42.0 Å². The van der Waals surface area contributed by atoms with Gasteiger partial charge in [0.25, 0.3) is 5.91 Å². The fourth-order valence-corrected chi connectivity index (χ4v) is 2.16. The standard InChI is InChI=1S/C11H17N3O/c1-3-14(4-2)11(15)10-8-6-5-7-9(8)12-13-10/h3-7H2,1-2H3,(H,12,13). The number of carbonyl (C=O) groups excluding carboxylic acids is 1. The lowest BCUT2D eigenvalue weighted by molar-refractivity contribution is 0.0766. The minimum atomic E-state index is 0.0689. The largest absolute Gasteiger partial charge is 0.338 e. The molecule has 0 atom stereocenters. The molecule has 1 amide bonds. The maximum Gasteiger partial charge on any atom is 0.274 e. The number of hydrogen-bond donors (Lipinski definition) is 1. The molecule has 1 aromatic rings. The zero-order chi connectivity index (χ0) is 10.8. The van der Waals surface area contributed by atoms with E-state index in [9.17, 15) is 4.79 Å². The second-order valence-electron chi connectivity index (χ2n) is 3.86. The van der Waals surface area contributed by atoms with Gasteiger partial charge in [0.2, 0.25) is 0 Å². The van der Waals surface area contributed by atoms with Gasteiger partial charge in [-0.15, -0.1) is 0 Å². The number of aryl methyl sites for hydroxylation is 1. The highest BCUT2D eigenvalue weighted by molar-refractivity contribution is 5.94. The quantitative estimate of drug-likeness (QED) is 0.814. The molecule has 1 aliphatic carbocycles. The summed E-state index contributed by atoms with van der Waals surface area (Å²) in [7, 11) is 0. The van der Waals surface area contributed by atoms with Crippen molar-refractivity contribution in [1.29, 1.82) is 0 Å². The number of nitrogens with one attached hydrogen (secondary N) is 1. The first-order valence-corrected chi connectivity index (χ1v) is 5.63. The fraction of sp³-hybridized carbons (Fsp3) is 0.636. The first-order valence-electron chi connectivity index (χ1n) is 5.63. The highest BCUT2D eigenvalue weighted by Crippen LogP contribution is 2.23. The highest BCUT2D eigenvalue weighted by atomic mass is 16.2. The van der Waals surface area contributed by atoms with Gasteiger partial charge >= 0.3 is 0 Å². The molecule has 1 heterocycles. The van der Waals surface area contributed by atoms with Crippen molar-refractivity contribution in [2.75, 3.05) is 13.1 Å². The number of H-pyrrole nitrogens is 1. The molecule has 0 bridgehead atoms. The van der Waals surface area contributed by atoms with E-state index in [0.29, 0.717) is 5.69 Å². The Morgan fingerprint density at radius 2 is 2.13 bits per heavy atom. The number of hydrogen-bond acceptors (Lipinski definition) is 2. The third-order valence-corrected chi connectivity index (χ3v) is 3.06. The van der Waals surface area contributed by atoms with Crippen LogP contribution in [0.2, 0.25) is 0 Å². The van der Waals surface area contributed by atoms with E-state index in [1.54, 1.807) is 0 Å². The van der Waals surface area contributed by atoms with Crippen LogP contribution in [0.3, 0.4) is 0 Å². The minimum absolute atomic E-state index is 0.0689. The smallest absolute Gasteiger partial charge is 0.274 e. The summed E-state index contributed by atoms with van der Waals surface area (Å²) in [4.78, 5) is 13.9. The zero-order valence-electron chi connectivity index (χ0n) is 9.34. The molecule has 0 fully saturated rings. The molecule has 0 saturated carbocycles. The average Bonchev–Trinajstić information content (AvgIpc) is 2.79. The van der Waals surface area contributed by atoms with Crippen molar-refractivity contribution >= 4 is 5.91 Å². The van der Waals surface area contributed by atoms with E-state index in [1.165, 1.54) is 0 Å². The Morgan fingerprint density at radius 3 is 2.80 bits per heavy atom. The van der Waals surface area contributed by atoms with Crippen molar-refractivity contribution in [1.82, 2.24) is 15.1 Å². The summed E-state index contributed by atoms with van der Waals surface area (Å²) in [6, 6.07) is 0. The molecule has 15 heavy (non-hydrogen) atoms. The van der Waals surface area contributed by atoms with Crippen LogP contribution in [-0.2, 0) is 12.8 Å². The van der Waals surface area contributed by atoms with Gasteiger partial charge in [0.1, 0.15) is 0 Å². The Labute approximate surface area is 89.7 Å². The molecule has 0 aliphatic heterocycles. The SMILES string of the molecule is CCN(CC)C(=O)c1n[nH]c2c1CCC2. The Balaban J connectivity index is 2.25. The van der Waals surface area contributed by atoms with E-state index < -0.39 is 0 Å². The van der Waals surface area contributed by atoms with Crippen LogP contribution in [0.15, 0.2) is 0 Å². The number of aromatic amines is 1. The number of amides is 1. The number of aromatic nitrogens is 2. The van der Waals surface area contributed by atoms with Crippen molar-refractivity contribution in [3.63, 3.8) is 0 Å². The van der Waals surface area contributed by atoms with Crippen LogP contribution in [0.4, 0.5) is 0 Å². The Kier molecular flexibility index (Phi) is 2.75. The molecule has 2 rings (SSSR count). The summed E-state index contributed by atoms with van der Waals surface area (Å²) in [5, 5.41) is 7.11. The predicted molar refractivity (Wildman–Crippen MR) is 57.9 cm³/mol. The van der Waals surface area contributed by atoms with E-state index >= 15 is 0 Å². The molecular formula is C11H17N3O. The third-order valence-electron chi connectivity index (χ3n) is 3.06. The predicted octanol–water partition coefficient (Wildman–Crippen LogP) is 1.38. The Bertz CT molecular complexity index is 366. The lowest BCUT2D eigenvalue weighted by Gasteiger charge is -2.17. The molecule has 1 aromatic heterocycles. The van der Waals surface area contributed by atoms with E-state index in [1.807, 2.05) is 18.7 Å². The molecule has 82 valence electrons. The molecular weight excluding hydrogens is 190 g/mol. The van der Waals surface area contributed by atoms with Gasteiger partial charge in [-0.25, -0.2) is 0 Å². The van der Waals surface area contributed by atoms with Gasteiger partial charge in [0.15, 0.2) is 5.69 Å². The molecule has 1 aliphatic rings. The summed E-state index contributed by atoms with van der Waals surface area (Å²) in [6.07, 6.45) is 3.17. The lowest BCUT2D eigenvalue weighted by Crippen LogP contribution is -2.31. The summed E-state index contributed by atoms with van der Waals surface area (Å²) in [5.41, 5.74) is 2.95. The van der Waals surface area contributed by atoms with Crippen LogP contribution in [-0.4, -0.2) is 34.1 Å². The number of carbonyl (C=O) groups is 1. The third kappa shape index (κ3) is 1.64. The van der Waals surface area contributed by atoms with Gasteiger partial charge in [-0.05, 0) is 33.1 Å². The summed E-state index contributed by atoms with van der Waals surface area (Å²) in [5.74, 6) is 0.0689. The van der Waals surface area contributed by atoms with Gasteiger partial charge < -0.3 is 4.90 Å². The number of fused-ring (bicyclic) bond motifs is 1. The summed E-state index contributed by atoms with van der Waals surface area (Å²) < 4.78 is 0. The fourth-order valence-electron chi connectivity index (χ4n) is 2.16. The Hall–Kier alpha value is -1.32. The lowest BCUT2D eigenvalue weighted by atomic mass is 10.2. The first kappa shape index (κ1) is 10.2. The monoisotopic (exact) mass is 207 g/mol. The van der Waals surface area contributed by atoms with Gasteiger partial charge in [0, 0.05) is 24.3 Å². The van der Waals surface area contributed by atoms with Gasteiger partial charge in [-0.3, -0.25) is 9.89 Å². The average molecular weight is 207 g/mol. The van der Waals surface area contributed by atoms with Crippen LogP contribution < -0.4 is 0 Å². The van der Waals surface area contributed by atoms with E-state index in [-0.39, 0.29) is 5.91 Å². The number of nitrogens with zero attached hydrogens (tertiary/aromatic N) is 2. The summed E-state index contributed by atoms with van der Waals surface area (Å²) in [6.45, 7) is 5.48. The maximum absolute atomic E-state index is 12.1. The molecule has 0 spiro atoms. The number of rotatable bonds is 3. The van der Waals surface area contributed by atoms with Crippen molar-refractivity contribution in [3.05, 3.63) is 17.0 Å². The van der Waals surface area contributed by atoms with Gasteiger partial charge in [-0.1, -0.05) is 0 Å². The molecule has 4 heteroatoms. The Morgan fingerprint density at radius 1 is 1.40 bits per heavy atom. The second-order valence-corrected chi connectivity index (χ2v) is 3.86. The molecule has 0 radical (unpaired) electrons. The van der Waals surface area contributed by atoms with Crippen LogP contribution in [0, 0.1) is 0 Å². The molecule has 0 aromatic carbocycles. The van der Waals surface area contributed by atoms with Crippen LogP contribution >= 0.6 is 0 Å². The topological polar surface area (TPSA) is 49.0 Å².